The van der Waals surface area contributed by atoms with Gasteiger partial charge in [0.15, 0.2) is 0 Å². The van der Waals surface area contributed by atoms with Gasteiger partial charge in [-0.05, 0) is 67.0 Å². The van der Waals surface area contributed by atoms with Crippen LogP contribution in [0.3, 0.4) is 0 Å². The molecule has 0 spiro atoms. The van der Waals surface area contributed by atoms with Crippen LogP contribution in [0.2, 0.25) is 0 Å². The van der Waals surface area contributed by atoms with Crippen LogP contribution in [0, 0.1) is 5.92 Å². The van der Waals surface area contributed by atoms with Crippen LogP contribution in [0.15, 0.2) is 89.8 Å². The normalized spacial score (nSPS) is 13.2. The Kier molecular flexibility index (Phi) is 14.7. The van der Waals surface area contributed by atoms with Crippen molar-refractivity contribution in [2.45, 2.75) is 62.4 Å². The van der Waals surface area contributed by atoms with Crippen LogP contribution in [0.25, 0.3) is 0 Å². The van der Waals surface area contributed by atoms with Crippen molar-refractivity contribution >= 4 is 34.6 Å². The van der Waals surface area contributed by atoms with Gasteiger partial charge in [0.1, 0.15) is 23.1 Å². The number of unbranched alkanes of at least 4 members (excludes halogenated alkanes) is 1. The molecule has 3 atom stereocenters. The highest BCUT2D eigenvalue weighted by Gasteiger charge is 2.33. The molecule has 4 N–H and O–H groups in total. The van der Waals surface area contributed by atoms with Crippen LogP contribution in [-0.4, -0.2) is 65.9 Å². The molecule has 3 rings (SSSR count). The first-order valence-corrected chi connectivity index (χ1v) is 16.6. The molecule has 3 aromatic rings. The Bertz CT molecular complexity index is 1370. The van der Waals surface area contributed by atoms with E-state index in [4.69, 9.17) is 15.2 Å². The molecular formula is C35H46N4O6S. The number of benzene rings is 3. The lowest BCUT2D eigenvalue weighted by molar-refractivity contribution is -0.145. The number of nitrogens with one attached hydrogen (secondary N) is 2. The predicted octanol–water partition coefficient (Wildman–Crippen LogP) is 5.02. The zero-order chi connectivity index (χ0) is 33.5. The number of hydrogen-bond acceptors (Lipinski definition) is 7. The standard InChI is InChI=1S/C35H46N4O6S/c1-25(2)22-24-39(46(43)29-20-18-28(36)19-21-29)30(34(41)44-3)17-11-12-23-37-33(40)32(38-35(42)45-4)31(26-13-7-5-8-14-26)27-15-9-6-10-16-27/h5-10,13-16,18-21,25,30-32H,11-12,17,22-24,36H2,1-4H3,(H,37,40)(H,38,42). The van der Waals surface area contributed by atoms with Gasteiger partial charge in [0.25, 0.3) is 0 Å². The zero-order valence-electron chi connectivity index (χ0n) is 27.0. The molecule has 0 aliphatic rings. The van der Waals surface area contributed by atoms with Gasteiger partial charge in [-0.1, -0.05) is 74.5 Å². The van der Waals surface area contributed by atoms with Crippen LogP contribution < -0.4 is 16.4 Å². The average Bonchev–Trinajstić information content (AvgIpc) is 3.07. The van der Waals surface area contributed by atoms with E-state index in [-0.39, 0.29) is 5.91 Å². The van der Waals surface area contributed by atoms with E-state index in [1.807, 2.05) is 60.7 Å². The molecule has 0 saturated heterocycles. The summed E-state index contributed by atoms with van der Waals surface area (Å²) in [6.45, 7) is 4.88. The minimum atomic E-state index is -1.61. The van der Waals surface area contributed by atoms with E-state index in [9.17, 15) is 18.6 Å². The minimum absolute atomic E-state index is 0.301. The van der Waals surface area contributed by atoms with Crippen molar-refractivity contribution in [3.63, 3.8) is 0 Å². The number of ether oxygens (including phenoxy) is 2. The second-order valence-electron chi connectivity index (χ2n) is 11.4. The summed E-state index contributed by atoms with van der Waals surface area (Å²) in [6, 6.07) is 24.1. The predicted molar refractivity (Wildman–Crippen MR) is 180 cm³/mol. The molecule has 0 aliphatic heterocycles. The number of nitrogens with two attached hydrogens (primary N) is 1. The Morgan fingerprint density at radius 2 is 1.41 bits per heavy atom. The number of rotatable bonds is 17. The SMILES string of the molecule is COC(=O)NC(C(=O)NCCCCC(C(=O)OC)N(CCC(C)C)S(=O)c1ccc(N)cc1)C(c1ccccc1)c1ccccc1. The number of carbonyl (C=O) groups is 3. The van der Waals surface area contributed by atoms with Crippen LogP contribution in [0.4, 0.5) is 10.5 Å². The fourth-order valence-electron chi connectivity index (χ4n) is 5.14. The molecule has 0 radical (unpaired) electrons. The maximum atomic E-state index is 13.7. The lowest BCUT2D eigenvalue weighted by Crippen LogP contribution is -2.50. The molecule has 11 heteroatoms. The summed E-state index contributed by atoms with van der Waals surface area (Å²) in [4.78, 5) is 39.6. The van der Waals surface area contributed by atoms with Crippen molar-refractivity contribution in [2.24, 2.45) is 5.92 Å². The molecule has 2 amide bonds. The zero-order valence-corrected chi connectivity index (χ0v) is 27.8. The van der Waals surface area contributed by atoms with Crippen LogP contribution >= 0.6 is 0 Å². The lowest BCUT2D eigenvalue weighted by atomic mass is 9.84. The van der Waals surface area contributed by atoms with E-state index in [2.05, 4.69) is 24.5 Å². The highest BCUT2D eigenvalue weighted by atomic mass is 32.2. The molecule has 10 nitrogen and oxygen atoms in total. The fraction of sp³-hybridized carbons (Fsp3) is 0.400. The number of alkyl carbamates (subject to hydrolysis) is 1. The summed E-state index contributed by atoms with van der Waals surface area (Å²) >= 11 is 0. The van der Waals surface area contributed by atoms with Crippen molar-refractivity contribution in [2.75, 3.05) is 33.0 Å². The van der Waals surface area contributed by atoms with Crippen molar-refractivity contribution in [3.8, 4) is 0 Å². The molecule has 0 bridgehead atoms. The Hall–Kier alpha value is -4.22. The van der Waals surface area contributed by atoms with Gasteiger partial charge in [0.05, 0.1) is 19.1 Å². The third-order valence-electron chi connectivity index (χ3n) is 7.64. The van der Waals surface area contributed by atoms with E-state index < -0.39 is 41.0 Å². The van der Waals surface area contributed by atoms with Crippen molar-refractivity contribution < 1.29 is 28.1 Å². The molecule has 248 valence electrons. The third kappa shape index (κ3) is 10.7. The highest BCUT2D eigenvalue weighted by molar-refractivity contribution is 7.82. The number of nitrogens with zero attached hydrogens (tertiary/aromatic N) is 1. The molecule has 0 heterocycles. The Morgan fingerprint density at radius 3 is 1.93 bits per heavy atom. The first kappa shape index (κ1) is 36.3. The molecule has 0 aromatic heterocycles. The molecule has 0 aliphatic carbocycles. The number of carbonyl (C=O) groups excluding carboxylic acids is 3. The number of nitrogen functional groups attached to an aromatic ring is 1. The molecule has 3 unspecified atom stereocenters. The number of anilines is 1. The minimum Gasteiger partial charge on any atom is -0.468 e. The lowest BCUT2D eigenvalue weighted by Gasteiger charge is -2.29. The summed E-state index contributed by atoms with van der Waals surface area (Å²) in [7, 11) is 0.970. The second-order valence-corrected chi connectivity index (χ2v) is 12.8. The van der Waals surface area contributed by atoms with E-state index in [1.165, 1.54) is 14.2 Å². The van der Waals surface area contributed by atoms with Gasteiger partial charge in [-0.25, -0.2) is 13.3 Å². The molecule has 0 saturated carbocycles. The van der Waals surface area contributed by atoms with E-state index in [1.54, 1.807) is 28.6 Å². The number of methoxy groups -OCH3 is 2. The number of esters is 1. The first-order valence-electron chi connectivity index (χ1n) is 15.5. The number of hydrogen-bond donors (Lipinski definition) is 3. The fourth-order valence-corrected chi connectivity index (χ4v) is 6.48. The summed E-state index contributed by atoms with van der Waals surface area (Å²) < 4.78 is 25.4. The van der Waals surface area contributed by atoms with Crippen LogP contribution in [-0.2, 0) is 30.0 Å². The molecular weight excluding hydrogens is 604 g/mol. The van der Waals surface area contributed by atoms with E-state index >= 15 is 0 Å². The quantitative estimate of drug-likeness (QED) is 0.106. The van der Waals surface area contributed by atoms with Gasteiger partial charge in [0.2, 0.25) is 5.91 Å². The third-order valence-corrected chi connectivity index (χ3v) is 9.18. The average molecular weight is 651 g/mol. The van der Waals surface area contributed by atoms with E-state index in [0.29, 0.717) is 48.9 Å². The summed E-state index contributed by atoms with van der Waals surface area (Å²) in [6.07, 6.45) is 1.49. The van der Waals surface area contributed by atoms with Gasteiger partial charge in [-0.3, -0.25) is 9.59 Å². The van der Waals surface area contributed by atoms with Gasteiger partial charge < -0.3 is 25.8 Å². The van der Waals surface area contributed by atoms with Crippen molar-refractivity contribution in [1.82, 2.24) is 14.9 Å². The Labute approximate surface area is 274 Å². The maximum absolute atomic E-state index is 13.7. The molecule has 0 fully saturated rings. The summed E-state index contributed by atoms with van der Waals surface area (Å²) in [5, 5.41) is 5.69. The Balaban J connectivity index is 1.73. The van der Waals surface area contributed by atoms with Crippen molar-refractivity contribution in [3.05, 3.63) is 96.1 Å². The van der Waals surface area contributed by atoms with E-state index in [0.717, 1.165) is 17.5 Å². The second kappa shape index (κ2) is 18.7. The van der Waals surface area contributed by atoms with Crippen LogP contribution in [0.5, 0.6) is 0 Å². The summed E-state index contributed by atoms with van der Waals surface area (Å²) in [5.41, 5.74) is 8.11. The summed E-state index contributed by atoms with van der Waals surface area (Å²) in [5.74, 6) is -0.965. The largest absolute Gasteiger partial charge is 0.468 e. The maximum Gasteiger partial charge on any atom is 0.407 e. The molecule has 3 aromatic carbocycles. The molecule has 46 heavy (non-hydrogen) atoms. The first-order chi connectivity index (χ1) is 22.2. The topological polar surface area (TPSA) is 140 Å². The van der Waals surface area contributed by atoms with Gasteiger partial charge in [-0.15, -0.1) is 0 Å². The van der Waals surface area contributed by atoms with Gasteiger partial charge in [0, 0.05) is 24.7 Å². The number of amides is 2. The smallest absolute Gasteiger partial charge is 0.407 e. The van der Waals surface area contributed by atoms with Gasteiger partial charge in [-0.2, -0.15) is 0 Å². The van der Waals surface area contributed by atoms with Gasteiger partial charge >= 0.3 is 12.1 Å². The monoisotopic (exact) mass is 650 g/mol. The van der Waals surface area contributed by atoms with Crippen molar-refractivity contribution in [1.29, 1.82) is 0 Å². The highest BCUT2D eigenvalue weighted by Crippen LogP contribution is 2.29. The Morgan fingerprint density at radius 1 is 0.826 bits per heavy atom. The van der Waals surface area contributed by atoms with Crippen LogP contribution in [0.1, 0.15) is 56.6 Å².